The maximum atomic E-state index is 12.3. The summed E-state index contributed by atoms with van der Waals surface area (Å²) in [5.41, 5.74) is 0.908. The molecule has 0 bridgehead atoms. The van der Waals surface area contributed by atoms with Crippen LogP contribution in [0.25, 0.3) is 0 Å². The zero-order chi connectivity index (χ0) is 21.8. The summed E-state index contributed by atoms with van der Waals surface area (Å²) < 4.78 is 11.4. The second-order valence-electron chi connectivity index (χ2n) is 9.74. The number of rotatable bonds is 14. The minimum absolute atomic E-state index is 0.308. The second-order valence-corrected chi connectivity index (χ2v) is 28.6. The molecule has 0 aromatic heterocycles. The average Bonchev–Trinajstić information content (AvgIpc) is 2.67. The molecule has 0 heterocycles. The quantitative estimate of drug-likeness (QED) is 0.253. The number of hydrogen-bond donors (Lipinski definition) is 1. The van der Waals surface area contributed by atoms with E-state index in [1.54, 1.807) is 3.58 Å². The standard InChI is InChI=1S/C12H18NO2Si.3C4H9.Sn/c1-16(2,3)10-9-15-12(14)13-11-7-5-4-6-8-11;3*1-3-4-2;/h4-5,7-8H,9-10H2,1-3H3,(H,13,14);3*1,3-4H2,2H3;. The van der Waals surface area contributed by atoms with Gasteiger partial charge in [-0.15, -0.1) is 0 Å². The van der Waals surface area contributed by atoms with Crippen molar-refractivity contribution in [1.29, 1.82) is 0 Å². The Hall–Kier alpha value is -0.494. The molecule has 0 aliphatic rings. The van der Waals surface area contributed by atoms with Crippen LogP contribution in [0, 0.1) is 0 Å². The van der Waals surface area contributed by atoms with E-state index in [0.29, 0.717) is 6.61 Å². The van der Waals surface area contributed by atoms with Gasteiger partial charge in [0.2, 0.25) is 0 Å². The molecule has 0 saturated heterocycles. The number of ether oxygens (including phenoxy) is 1. The summed E-state index contributed by atoms with van der Waals surface area (Å²) in [7, 11) is -1.19. The molecule has 0 saturated carbocycles. The SMILES string of the molecule is CCC[CH2][Sn]([CH2]CCC)([CH2]CCC)[c]1cccc(NC(=O)OCC[Si](C)(C)C)c1. The molecule has 3 nitrogen and oxygen atoms in total. The van der Waals surface area contributed by atoms with E-state index in [-0.39, 0.29) is 6.09 Å². The molecule has 1 N–H and O–H groups in total. The molecule has 1 aromatic rings. The summed E-state index contributed by atoms with van der Waals surface area (Å²) in [6, 6.07) is 9.81. The number of anilines is 1. The third-order valence-corrected chi connectivity index (χ3v) is 23.1. The number of hydrogen-bond acceptors (Lipinski definition) is 2. The third-order valence-electron chi connectivity index (χ3n) is 5.83. The molecule has 0 unspecified atom stereocenters. The Morgan fingerprint density at radius 2 is 1.52 bits per heavy atom. The predicted octanol–water partition coefficient (Wildman–Crippen LogP) is 7.63. The zero-order valence-electron chi connectivity index (χ0n) is 19.9. The Morgan fingerprint density at radius 1 is 0.966 bits per heavy atom. The second kappa shape index (κ2) is 13.7. The van der Waals surface area contributed by atoms with Crippen molar-refractivity contribution in [3.63, 3.8) is 0 Å². The third kappa shape index (κ3) is 10.4. The first-order valence-electron chi connectivity index (χ1n) is 11.8. The Morgan fingerprint density at radius 3 is 2.00 bits per heavy atom. The number of carbonyl (C=O) groups excluding carboxylic acids is 1. The van der Waals surface area contributed by atoms with Gasteiger partial charge < -0.3 is 0 Å². The summed E-state index contributed by atoms with van der Waals surface area (Å²) in [6.45, 7) is 14.3. The number of carbonyl (C=O) groups is 1. The van der Waals surface area contributed by atoms with Crippen molar-refractivity contribution < 1.29 is 9.53 Å². The maximum absolute atomic E-state index is 12.3. The van der Waals surface area contributed by atoms with Crippen molar-refractivity contribution in [2.45, 2.75) is 98.3 Å². The molecule has 1 rings (SSSR count). The Bertz CT molecular complexity index is 579. The molecule has 0 aliphatic heterocycles. The van der Waals surface area contributed by atoms with E-state index in [9.17, 15) is 4.79 Å². The van der Waals surface area contributed by atoms with Crippen LogP contribution in [-0.2, 0) is 4.74 Å². The van der Waals surface area contributed by atoms with Crippen molar-refractivity contribution in [2.24, 2.45) is 0 Å². The van der Waals surface area contributed by atoms with Crippen LogP contribution in [0.5, 0.6) is 0 Å². The normalized spacial score (nSPS) is 12.1. The van der Waals surface area contributed by atoms with E-state index in [0.717, 1.165) is 11.7 Å². The molecule has 29 heavy (non-hydrogen) atoms. The topological polar surface area (TPSA) is 38.3 Å². The van der Waals surface area contributed by atoms with Crippen LogP contribution >= 0.6 is 0 Å². The van der Waals surface area contributed by atoms with Crippen LogP contribution < -0.4 is 8.90 Å². The van der Waals surface area contributed by atoms with E-state index in [4.69, 9.17) is 4.74 Å². The minimum atomic E-state index is -2.46. The van der Waals surface area contributed by atoms with E-state index >= 15 is 0 Å². The van der Waals surface area contributed by atoms with E-state index in [2.05, 4.69) is 63.9 Å². The molecule has 0 spiro atoms. The molecule has 0 fully saturated rings. The zero-order valence-corrected chi connectivity index (χ0v) is 23.8. The van der Waals surface area contributed by atoms with Gasteiger partial charge in [0.05, 0.1) is 0 Å². The Balaban J connectivity index is 2.95. The van der Waals surface area contributed by atoms with Gasteiger partial charge in [-0.1, -0.05) is 0 Å². The van der Waals surface area contributed by atoms with Crippen LogP contribution in [0.3, 0.4) is 0 Å². The molecule has 0 atom stereocenters. The van der Waals surface area contributed by atoms with Crippen molar-refractivity contribution in [1.82, 2.24) is 0 Å². The fourth-order valence-electron chi connectivity index (χ4n) is 3.88. The molecule has 166 valence electrons. The molecule has 5 heteroatoms. The van der Waals surface area contributed by atoms with Crippen molar-refractivity contribution in [3.05, 3.63) is 24.3 Å². The average molecular weight is 526 g/mol. The number of unbranched alkanes of at least 4 members (excludes halogenated alkanes) is 3. The summed E-state index contributed by atoms with van der Waals surface area (Å²) in [5.74, 6) is 0. The molecular weight excluding hydrogens is 481 g/mol. The van der Waals surface area contributed by atoms with Crippen LogP contribution in [0.2, 0.25) is 39.0 Å². The van der Waals surface area contributed by atoms with Gasteiger partial charge in [0.1, 0.15) is 0 Å². The molecule has 1 amide bonds. The first kappa shape index (κ1) is 26.5. The summed E-state index contributed by atoms with van der Waals surface area (Å²) in [6.07, 6.45) is 7.56. The molecule has 1 aromatic carbocycles. The first-order valence-corrected chi connectivity index (χ1v) is 23.0. The fourth-order valence-corrected chi connectivity index (χ4v) is 20.6. The van der Waals surface area contributed by atoms with Gasteiger partial charge in [-0.2, -0.15) is 0 Å². The van der Waals surface area contributed by atoms with Crippen molar-refractivity contribution in [2.75, 3.05) is 11.9 Å². The first-order chi connectivity index (χ1) is 13.8. The molecule has 0 radical (unpaired) electrons. The van der Waals surface area contributed by atoms with Gasteiger partial charge in [0.25, 0.3) is 0 Å². The van der Waals surface area contributed by atoms with Gasteiger partial charge in [-0.3, -0.25) is 0 Å². The van der Waals surface area contributed by atoms with Gasteiger partial charge in [-0.05, 0) is 0 Å². The predicted molar refractivity (Wildman–Crippen MR) is 134 cm³/mol. The van der Waals surface area contributed by atoms with Gasteiger partial charge in [-0.25, -0.2) is 0 Å². The van der Waals surface area contributed by atoms with Crippen LogP contribution in [0.1, 0.15) is 59.3 Å². The van der Waals surface area contributed by atoms with Gasteiger partial charge in [0.15, 0.2) is 0 Å². The van der Waals surface area contributed by atoms with Crippen LogP contribution in [-0.4, -0.2) is 39.2 Å². The summed E-state index contributed by atoms with van der Waals surface area (Å²) in [5, 5.41) is 3.00. The van der Waals surface area contributed by atoms with Crippen LogP contribution in [0.15, 0.2) is 24.3 Å². The number of amides is 1. The van der Waals surface area contributed by atoms with E-state index in [1.807, 2.05) is 6.07 Å². The number of benzene rings is 1. The summed E-state index contributed by atoms with van der Waals surface area (Å²) in [4.78, 5) is 12.3. The van der Waals surface area contributed by atoms with Gasteiger partial charge in [0, 0.05) is 0 Å². The van der Waals surface area contributed by atoms with Crippen molar-refractivity contribution in [3.8, 4) is 0 Å². The Labute approximate surface area is 185 Å². The fraction of sp³-hybridized carbons (Fsp3) is 0.708. The molecular formula is C24H45NO2SiSn. The monoisotopic (exact) mass is 527 g/mol. The summed E-state index contributed by atoms with van der Waals surface area (Å²) >= 11 is -2.46. The van der Waals surface area contributed by atoms with Gasteiger partial charge >= 0.3 is 186 Å². The van der Waals surface area contributed by atoms with Crippen LogP contribution in [0.4, 0.5) is 10.5 Å². The number of nitrogens with one attached hydrogen (secondary N) is 1. The van der Waals surface area contributed by atoms with Crippen molar-refractivity contribution >= 4 is 41.8 Å². The van der Waals surface area contributed by atoms with E-state index < -0.39 is 26.5 Å². The Kier molecular flexibility index (Phi) is 12.6. The molecule has 0 aliphatic carbocycles. The van der Waals surface area contributed by atoms with E-state index in [1.165, 1.54) is 51.8 Å².